The van der Waals surface area contributed by atoms with Crippen LogP contribution in [0, 0.1) is 6.92 Å². The highest BCUT2D eigenvalue weighted by Crippen LogP contribution is 2.33. The number of rotatable bonds is 2. The van der Waals surface area contributed by atoms with Crippen LogP contribution in [-0.4, -0.2) is 8.07 Å². The zero-order valence-corrected chi connectivity index (χ0v) is 20.1. The van der Waals surface area contributed by atoms with Crippen molar-refractivity contribution < 1.29 is 0 Å². The molecule has 6 aromatic rings. The lowest BCUT2D eigenvalue weighted by molar-refractivity contribution is 1.49. The highest BCUT2D eigenvalue weighted by Gasteiger charge is 2.48. The van der Waals surface area contributed by atoms with E-state index in [-0.39, 0.29) is 0 Å². The molecule has 0 aromatic heterocycles. The lowest BCUT2D eigenvalue weighted by atomic mass is 9.98. The van der Waals surface area contributed by atoms with Gasteiger partial charge in [0.1, 0.15) is 0 Å². The zero-order valence-electron chi connectivity index (χ0n) is 19.1. The van der Waals surface area contributed by atoms with Crippen molar-refractivity contribution in [3.63, 3.8) is 0 Å². The van der Waals surface area contributed by atoms with Gasteiger partial charge in [-0.15, -0.1) is 0 Å². The molecule has 0 saturated heterocycles. The Kier molecular flexibility index (Phi) is 4.18. The van der Waals surface area contributed by atoms with Crippen molar-refractivity contribution in [3.05, 3.63) is 133 Å². The summed E-state index contributed by atoms with van der Waals surface area (Å²) in [5.74, 6) is 0. The lowest BCUT2D eigenvalue weighted by Crippen LogP contribution is -2.72. The molecule has 0 nitrogen and oxygen atoms in total. The van der Waals surface area contributed by atoms with E-state index in [4.69, 9.17) is 0 Å². The van der Waals surface area contributed by atoms with Crippen molar-refractivity contribution in [2.75, 3.05) is 0 Å². The molecule has 6 aromatic carbocycles. The summed E-state index contributed by atoms with van der Waals surface area (Å²) in [7, 11) is -2.43. The predicted molar refractivity (Wildman–Crippen MR) is 149 cm³/mol. The predicted octanol–water partition coefficient (Wildman–Crippen LogP) is 5.66. The maximum atomic E-state index is 2.51. The minimum Gasteiger partial charge on any atom is -0.0623 e. The topological polar surface area (TPSA) is 0 Å². The summed E-state index contributed by atoms with van der Waals surface area (Å²) in [5.41, 5.74) is 4.12. The fourth-order valence-electron chi connectivity index (χ4n) is 6.04. The molecule has 1 heteroatoms. The van der Waals surface area contributed by atoms with Gasteiger partial charge in [-0.1, -0.05) is 115 Å². The van der Waals surface area contributed by atoms with Crippen LogP contribution in [0.15, 0.2) is 127 Å². The Morgan fingerprint density at radius 1 is 0.412 bits per heavy atom. The van der Waals surface area contributed by atoms with Gasteiger partial charge in [-0.25, -0.2) is 0 Å². The van der Waals surface area contributed by atoms with Crippen LogP contribution in [0.4, 0.5) is 0 Å². The minimum atomic E-state index is -2.43. The molecular formula is C33H24Si. The van der Waals surface area contributed by atoms with E-state index in [2.05, 4.69) is 134 Å². The molecule has 0 aliphatic carbocycles. The third kappa shape index (κ3) is 2.65. The number of benzene rings is 6. The maximum absolute atomic E-state index is 2.51. The molecule has 1 aliphatic rings. The van der Waals surface area contributed by atoms with Gasteiger partial charge in [0, 0.05) is 0 Å². The standard InChI is InChI=1S/C33H24Si/c1-23-16-17-32-30(18-23)31-21-26-19-24-10-8-9-11-25(24)20-27(26)22-33(31)34(32,28-12-4-2-5-13-28)29-14-6-3-7-15-29/h2-22H,1H3. The van der Waals surface area contributed by atoms with E-state index in [1.165, 1.54) is 59.0 Å². The summed E-state index contributed by atoms with van der Waals surface area (Å²) in [6.45, 7) is 2.21. The van der Waals surface area contributed by atoms with Gasteiger partial charge in [-0.3, -0.25) is 0 Å². The number of aryl methyl sites for hydroxylation is 1. The second-order valence-corrected chi connectivity index (χ2v) is 13.2. The van der Waals surface area contributed by atoms with Gasteiger partial charge in [0.2, 0.25) is 0 Å². The summed E-state index contributed by atoms with van der Waals surface area (Å²) >= 11 is 0. The SMILES string of the molecule is Cc1ccc2c(c1)-c1cc3cc4ccccc4cc3cc1[Si]2(c1ccccc1)c1ccccc1. The monoisotopic (exact) mass is 448 g/mol. The van der Waals surface area contributed by atoms with E-state index in [0.717, 1.165) is 0 Å². The average Bonchev–Trinajstić information content (AvgIpc) is 3.16. The maximum Gasteiger partial charge on any atom is 0.180 e. The zero-order chi connectivity index (χ0) is 22.7. The van der Waals surface area contributed by atoms with Crippen LogP contribution in [0.1, 0.15) is 5.56 Å². The van der Waals surface area contributed by atoms with Crippen molar-refractivity contribution in [2.45, 2.75) is 6.92 Å². The first kappa shape index (κ1) is 19.5. The smallest absolute Gasteiger partial charge is 0.0623 e. The molecule has 34 heavy (non-hydrogen) atoms. The van der Waals surface area contributed by atoms with Gasteiger partial charge in [-0.2, -0.15) is 0 Å². The van der Waals surface area contributed by atoms with E-state index in [0.29, 0.717) is 0 Å². The Morgan fingerprint density at radius 2 is 0.941 bits per heavy atom. The third-order valence-corrected chi connectivity index (χ3v) is 12.4. The molecule has 0 radical (unpaired) electrons. The normalized spacial score (nSPS) is 13.7. The van der Waals surface area contributed by atoms with E-state index < -0.39 is 8.07 Å². The molecule has 0 spiro atoms. The Bertz CT molecular complexity index is 1660. The van der Waals surface area contributed by atoms with Crippen LogP contribution in [0.25, 0.3) is 32.7 Å². The van der Waals surface area contributed by atoms with E-state index in [9.17, 15) is 0 Å². The highest BCUT2D eigenvalue weighted by atomic mass is 28.3. The van der Waals surface area contributed by atoms with Gasteiger partial charge in [0.25, 0.3) is 0 Å². The first-order valence-electron chi connectivity index (χ1n) is 11.9. The largest absolute Gasteiger partial charge is 0.180 e. The Balaban J connectivity index is 1.67. The van der Waals surface area contributed by atoms with Crippen molar-refractivity contribution in [1.29, 1.82) is 0 Å². The lowest BCUT2D eigenvalue weighted by Gasteiger charge is -2.31. The van der Waals surface area contributed by atoms with Gasteiger partial charge >= 0.3 is 0 Å². The molecule has 1 aliphatic heterocycles. The molecule has 0 unspecified atom stereocenters. The van der Waals surface area contributed by atoms with Crippen molar-refractivity contribution in [2.24, 2.45) is 0 Å². The fraction of sp³-hybridized carbons (Fsp3) is 0.0303. The van der Waals surface area contributed by atoms with Crippen LogP contribution < -0.4 is 20.7 Å². The molecule has 0 N–H and O–H groups in total. The van der Waals surface area contributed by atoms with E-state index in [1.807, 2.05) is 0 Å². The highest BCUT2D eigenvalue weighted by molar-refractivity contribution is 7.22. The first-order valence-corrected chi connectivity index (χ1v) is 13.9. The van der Waals surface area contributed by atoms with Crippen LogP contribution in [0.5, 0.6) is 0 Å². The number of fused-ring (bicyclic) bond motifs is 5. The Morgan fingerprint density at radius 3 is 1.56 bits per heavy atom. The van der Waals surface area contributed by atoms with Crippen molar-refractivity contribution in [1.82, 2.24) is 0 Å². The summed E-state index contributed by atoms with van der Waals surface area (Å²) in [6, 6.07) is 48.0. The quantitative estimate of drug-likeness (QED) is 0.236. The molecule has 0 saturated carbocycles. The van der Waals surface area contributed by atoms with Gasteiger partial charge < -0.3 is 0 Å². The van der Waals surface area contributed by atoms with E-state index >= 15 is 0 Å². The van der Waals surface area contributed by atoms with Crippen LogP contribution in [-0.2, 0) is 0 Å². The second kappa shape index (κ2) is 7.28. The molecule has 0 bridgehead atoms. The molecule has 0 amide bonds. The van der Waals surface area contributed by atoms with Crippen LogP contribution in [0.3, 0.4) is 0 Å². The third-order valence-electron chi connectivity index (χ3n) is 7.53. The average molecular weight is 449 g/mol. The van der Waals surface area contributed by atoms with Gasteiger partial charge in [0.05, 0.1) is 0 Å². The van der Waals surface area contributed by atoms with E-state index in [1.54, 1.807) is 0 Å². The number of hydrogen-bond acceptors (Lipinski definition) is 0. The molecule has 1 heterocycles. The van der Waals surface area contributed by atoms with Crippen LogP contribution >= 0.6 is 0 Å². The molecule has 0 fully saturated rings. The molecule has 7 rings (SSSR count). The second-order valence-electron chi connectivity index (χ2n) is 9.48. The molecule has 160 valence electrons. The summed E-state index contributed by atoms with van der Waals surface area (Å²) in [4.78, 5) is 0. The van der Waals surface area contributed by atoms with Crippen molar-refractivity contribution in [3.8, 4) is 11.1 Å². The molecule has 0 atom stereocenters. The Labute approximate surface area is 201 Å². The summed E-state index contributed by atoms with van der Waals surface area (Å²) in [6.07, 6.45) is 0. The summed E-state index contributed by atoms with van der Waals surface area (Å²) < 4.78 is 0. The minimum absolute atomic E-state index is 1.30. The van der Waals surface area contributed by atoms with Gasteiger partial charge in [0.15, 0.2) is 8.07 Å². The Hall–Kier alpha value is -3.94. The molecular weight excluding hydrogens is 424 g/mol. The summed E-state index contributed by atoms with van der Waals surface area (Å²) in [5, 5.41) is 11.1. The first-order chi connectivity index (χ1) is 16.7. The fourth-order valence-corrected chi connectivity index (χ4v) is 11.2. The number of hydrogen-bond donors (Lipinski definition) is 0. The van der Waals surface area contributed by atoms with Crippen molar-refractivity contribution >= 4 is 50.4 Å². The van der Waals surface area contributed by atoms with Gasteiger partial charge in [-0.05, 0) is 78.5 Å². The van der Waals surface area contributed by atoms with Crippen LogP contribution in [0.2, 0.25) is 0 Å².